The molecule has 0 radical (unpaired) electrons. The van der Waals surface area contributed by atoms with Crippen LogP contribution in [0.2, 0.25) is 0 Å². The molecule has 25 heavy (non-hydrogen) atoms. The number of nitrogens with zero attached hydrogens (tertiary/aromatic N) is 3. The minimum atomic E-state index is -0.152. The lowest BCUT2D eigenvalue weighted by molar-refractivity contribution is 0.248. The number of hydrogen-bond donors (Lipinski definition) is 1. The van der Waals surface area contributed by atoms with Crippen molar-refractivity contribution in [3.63, 3.8) is 0 Å². The number of aliphatic hydroxyl groups is 1. The number of benzene rings is 2. The molecule has 0 aliphatic heterocycles. The molecule has 0 saturated carbocycles. The first-order valence-electron chi connectivity index (χ1n) is 7.93. The minimum Gasteiger partial charge on any atom is -0.457 e. The SMILES string of the molecule is N#Cc1ccc2c(-c3ccc(CO)o3)nn(Cc3ccccc3)c2c1. The van der Waals surface area contributed by atoms with Gasteiger partial charge in [0, 0.05) is 5.39 Å². The molecule has 2 aromatic carbocycles. The Balaban J connectivity index is 1.88. The van der Waals surface area contributed by atoms with Crippen molar-refractivity contribution < 1.29 is 9.52 Å². The Morgan fingerprint density at radius 2 is 1.92 bits per heavy atom. The Bertz CT molecular complexity index is 1070. The average Bonchev–Trinajstić information content (AvgIpc) is 3.27. The Labute approximate surface area is 144 Å². The molecule has 0 aliphatic rings. The lowest BCUT2D eigenvalue weighted by atomic mass is 10.1. The van der Waals surface area contributed by atoms with Crippen LogP contribution in [0.25, 0.3) is 22.4 Å². The van der Waals surface area contributed by atoms with Crippen LogP contribution in [0, 0.1) is 11.3 Å². The molecule has 5 nitrogen and oxygen atoms in total. The van der Waals surface area contributed by atoms with Gasteiger partial charge in [0.15, 0.2) is 5.76 Å². The van der Waals surface area contributed by atoms with E-state index in [1.54, 1.807) is 18.2 Å². The van der Waals surface area contributed by atoms with E-state index in [-0.39, 0.29) is 6.61 Å². The topological polar surface area (TPSA) is 75.0 Å². The van der Waals surface area contributed by atoms with Gasteiger partial charge in [-0.2, -0.15) is 10.4 Å². The molecule has 0 spiro atoms. The van der Waals surface area contributed by atoms with Gasteiger partial charge < -0.3 is 9.52 Å². The maximum atomic E-state index is 9.22. The lowest BCUT2D eigenvalue weighted by Gasteiger charge is -2.03. The third kappa shape index (κ3) is 2.80. The highest BCUT2D eigenvalue weighted by atomic mass is 16.4. The van der Waals surface area contributed by atoms with Crippen LogP contribution < -0.4 is 0 Å². The van der Waals surface area contributed by atoms with Gasteiger partial charge in [-0.1, -0.05) is 30.3 Å². The van der Waals surface area contributed by atoms with E-state index in [9.17, 15) is 10.4 Å². The summed E-state index contributed by atoms with van der Waals surface area (Å²) in [5.41, 5.74) is 3.29. The molecule has 0 atom stereocenters. The number of aromatic nitrogens is 2. The second-order valence-electron chi connectivity index (χ2n) is 5.76. The first-order valence-corrected chi connectivity index (χ1v) is 7.93. The van der Waals surface area contributed by atoms with Crippen molar-refractivity contribution in [1.82, 2.24) is 9.78 Å². The summed E-state index contributed by atoms with van der Waals surface area (Å²) >= 11 is 0. The Kier molecular flexibility index (Phi) is 3.81. The number of furan rings is 1. The van der Waals surface area contributed by atoms with Crippen molar-refractivity contribution in [3.05, 3.63) is 77.6 Å². The zero-order valence-electron chi connectivity index (χ0n) is 13.4. The first kappa shape index (κ1) is 15.2. The van der Waals surface area contributed by atoms with Gasteiger partial charge in [0.2, 0.25) is 0 Å². The highest BCUT2D eigenvalue weighted by molar-refractivity contribution is 5.92. The van der Waals surface area contributed by atoms with Gasteiger partial charge in [0.05, 0.1) is 23.7 Å². The summed E-state index contributed by atoms with van der Waals surface area (Å²) in [5, 5.41) is 24.1. The fourth-order valence-electron chi connectivity index (χ4n) is 2.89. The van der Waals surface area contributed by atoms with Crippen LogP contribution in [0.15, 0.2) is 65.1 Å². The molecule has 4 rings (SSSR count). The zero-order valence-corrected chi connectivity index (χ0v) is 13.4. The molecule has 0 unspecified atom stereocenters. The van der Waals surface area contributed by atoms with Crippen molar-refractivity contribution >= 4 is 10.9 Å². The number of nitriles is 1. The van der Waals surface area contributed by atoms with Gasteiger partial charge in [-0.15, -0.1) is 0 Å². The molecular formula is C20H15N3O2. The van der Waals surface area contributed by atoms with Crippen LogP contribution >= 0.6 is 0 Å². The molecule has 2 heterocycles. The van der Waals surface area contributed by atoms with Gasteiger partial charge in [-0.05, 0) is 35.9 Å². The van der Waals surface area contributed by atoms with Crippen molar-refractivity contribution in [2.24, 2.45) is 0 Å². The molecule has 0 fully saturated rings. The molecule has 5 heteroatoms. The van der Waals surface area contributed by atoms with E-state index in [1.165, 1.54) is 0 Å². The van der Waals surface area contributed by atoms with Gasteiger partial charge in [0.25, 0.3) is 0 Å². The molecule has 2 aromatic heterocycles. The molecular weight excluding hydrogens is 314 g/mol. The third-order valence-electron chi connectivity index (χ3n) is 4.11. The Morgan fingerprint density at radius 3 is 2.64 bits per heavy atom. The molecule has 0 aliphatic carbocycles. The summed E-state index contributed by atoms with van der Waals surface area (Å²) < 4.78 is 7.53. The third-order valence-corrected chi connectivity index (χ3v) is 4.11. The van der Waals surface area contributed by atoms with Crippen molar-refractivity contribution in [3.8, 4) is 17.5 Å². The fourth-order valence-corrected chi connectivity index (χ4v) is 2.89. The number of fused-ring (bicyclic) bond motifs is 1. The van der Waals surface area contributed by atoms with Crippen molar-refractivity contribution in [2.45, 2.75) is 13.2 Å². The second kappa shape index (κ2) is 6.27. The standard InChI is InChI=1S/C20H15N3O2/c21-11-15-6-8-17-18(10-15)23(12-14-4-2-1-3-5-14)22-20(17)19-9-7-16(13-24)25-19/h1-10,24H,12-13H2. The van der Waals surface area contributed by atoms with E-state index in [1.807, 2.05) is 47.1 Å². The van der Waals surface area contributed by atoms with Crippen LogP contribution in [-0.4, -0.2) is 14.9 Å². The lowest BCUT2D eigenvalue weighted by Crippen LogP contribution is -2.01. The number of hydrogen-bond acceptors (Lipinski definition) is 4. The number of aliphatic hydroxyl groups excluding tert-OH is 1. The van der Waals surface area contributed by atoms with E-state index < -0.39 is 0 Å². The van der Waals surface area contributed by atoms with E-state index in [2.05, 4.69) is 6.07 Å². The summed E-state index contributed by atoms with van der Waals surface area (Å²) in [7, 11) is 0. The van der Waals surface area contributed by atoms with Crippen LogP contribution in [0.5, 0.6) is 0 Å². The first-order chi connectivity index (χ1) is 12.3. The molecule has 122 valence electrons. The molecule has 0 amide bonds. The molecule has 0 saturated heterocycles. The quantitative estimate of drug-likeness (QED) is 0.619. The van der Waals surface area contributed by atoms with Gasteiger partial charge in [0.1, 0.15) is 18.1 Å². The highest BCUT2D eigenvalue weighted by Crippen LogP contribution is 2.30. The summed E-state index contributed by atoms with van der Waals surface area (Å²) in [6, 6.07) is 21.2. The monoisotopic (exact) mass is 329 g/mol. The van der Waals surface area contributed by atoms with E-state index >= 15 is 0 Å². The summed E-state index contributed by atoms with van der Waals surface area (Å²) in [5.74, 6) is 1.10. The van der Waals surface area contributed by atoms with E-state index in [0.29, 0.717) is 29.3 Å². The van der Waals surface area contributed by atoms with E-state index in [0.717, 1.165) is 16.5 Å². The maximum absolute atomic E-state index is 9.22. The molecule has 1 N–H and O–H groups in total. The smallest absolute Gasteiger partial charge is 0.155 e. The Hall–Kier alpha value is -3.36. The second-order valence-corrected chi connectivity index (χ2v) is 5.76. The van der Waals surface area contributed by atoms with Gasteiger partial charge >= 0.3 is 0 Å². The summed E-state index contributed by atoms with van der Waals surface area (Å²) in [4.78, 5) is 0. The Morgan fingerprint density at radius 1 is 1.08 bits per heavy atom. The van der Waals surface area contributed by atoms with Crippen LogP contribution in [0.4, 0.5) is 0 Å². The fraction of sp³-hybridized carbons (Fsp3) is 0.100. The van der Waals surface area contributed by atoms with Gasteiger partial charge in [-0.3, -0.25) is 4.68 Å². The average molecular weight is 329 g/mol. The van der Waals surface area contributed by atoms with Crippen molar-refractivity contribution in [1.29, 1.82) is 5.26 Å². The largest absolute Gasteiger partial charge is 0.457 e. The predicted molar refractivity (Wildman–Crippen MR) is 93.6 cm³/mol. The highest BCUT2D eigenvalue weighted by Gasteiger charge is 2.16. The predicted octanol–water partition coefficient (Wildman–Crippen LogP) is 3.71. The summed E-state index contributed by atoms with van der Waals surface area (Å²) in [6.45, 7) is 0.445. The maximum Gasteiger partial charge on any atom is 0.155 e. The molecule has 4 aromatic rings. The van der Waals surface area contributed by atoms with Crippen molar-refractivity contribution in [2.75, 3.05) is 0 Å². The summed E-state index contributed by atoms with van der Waals surface area (Å²) in [6.07, 6.45) is 0. The molecule has 0 bridgehead atoms. The van der Waals surface area contributed by atoms with Crippen LogP contribution in [0.3, 0.4) is 0 Å². The van der Waals surface area contributed by atoms with Crippen LogP contribution in [-0.2, 0) is 13.2 Å². The van der Waals surface area contributed by atoms with Crippen LogP contribution in [0.1, 0.15) is 16.9 Å². The number of rotatable bonds is 4. The zero-order chi connectivity index (χ0) is 17.2. The normalized spacial score (nSPS) is 10.9. The minimum absolute atomic E-state index is 0.152. The van der Waals surface area contributed by atoms with E-state index in [4.69, 9.17) is 9.52 Å². The van der Waals surface area contributed by atoms with Gasteiger partial charge in [-0.25, -0.2) is 0 Å².